The lowest BCUT2D eigenvalue weighted by atomic mass is 10.1. The van der Waals surface area contributed by atoms with Crippen LogP contribution in [0, 0.1) is 0 Å². The van der Waals surface area contributed by atoms with Gasteiger partial charge in [0.2, 0.25) is 0 Å². The second-order valence-corrected chi connectivity index (χ2v) is 5.97. The van der Waals surface area contributed by atoms with Crippen LogP contribution in [0.1, 0.15) is 30.3 Å². The fraction of sp³-hybridized carbons (Fsp3) is 0.600. The summed E-state index contributed by atoms with van der Waals surface area (Å²) in [6.45, 7) is 2.88. The van der Waals surface area contributed by atoms with Crippen molar-refractivity contribution < 1.29 is 4.79 Å². The lowest BCUT2D eigenvalue weighted by Crippen LogP contribution is -2.36. The maximum absolute atomic E-state index is 11.7. The van der Waals surface area contributed by atoms with Gasteiger partial charge < -0.3 is 11.1 Å². The predicted molar refractivity (Wildman–Crippen MR) is 65.4 cm³/mol. The number of amides is 1. The summed E-state index contributed by atoms with van der Waals surface area (Å²) in [5, 5.41) is 9.23. The summed E-state index contributed by atoms with van der Waals surface area (Å²) in [5.41, 5.74) is 5.85. The lowest BCUT2D eigenvalue weighted by molar-refractivity contribution is 0.0945. The zero-order valence-corrected chi connectivity index (χ0v) is 10.1. The molecule has 2 heterocycles. The van der Waals surface area contributed by atoms with Gasteiger partial charge in [-0.3, -0.25) is 9.89 Å². The third-order valence-corrected chi connectivity index (χ3v) is 4.30. The third-order valence-electron chi connectivity index (χ3n) is 2.77. The molecule has 0 radical (unpaired) electrons. The van der Waals surface area contributed by atoms with Crippen LogP contribution < -0.4 is 11.1 Å². The average Bonchev–Trinajstić information content (AvgIpc) is 2.85. The van der Waals surface area contributed by atoms with Crippen molar-refractivity contribution in [3.05, 3.63) is 11.8 Å². The Morgan fingerprint density at radius 3 is 3.19 bits per heavy atom. The van der Waals surface area contributed by atoms with Crippen LogP contribution in [0.3, 0.4) is 0 Å². The van der Waals surface area contributed by atoms with Crippen LogP contribution in [0.5, 0.6) is 0 Å². The minimum absolute atomic E-state index is 0.141. The van der Waals surface area contributed by atoms with Crippen molar-refractivity contribution in [2.75, 3.05) is 18.0 Å². The molecule has 1 amide bonds. The minimum Gasteiger partial charge on any atom is -0.382 e. The topological polar surface area (TPSA) is 83.8 Å². The number of rotatable bonds is 3. The van der Waals surface area contributed by atoms with Gasteiger partial charge in [-0.1, -0.05) is 0 Å². The number of aromatic amines is 1. The van der Waals surface area contributed by atoms with Gasteiger partial charge in [-0.15, -0.1) is 0 Å². The van der Waals surface area contributed by atoms with Crippen molar-refractivity contribution in [1.29, 1.82) is 0 Å². The van der Waals surface area contributed by atoms with Crippen molar-refractivity contribution >= 4 is 23.5 Å². The molecule has 0 saturated carbocycles. The van der Waals surface area contributed by atoms with Gasteiger partial charge >= 0.3 is 0 Å². The Morgan fingerprint density at radius 1 is 1.81 bits per heavy atom. The maximum atomic E-state index is 11.7. The van der Waals surface area contributed by atoms with E-state index in [0.717, 1.165) is 6.42 Å². The van der Waals surface area contributed by atoms with E-state index in [4.69, 9.17) is 5.73 Å². The van der Waals surface area contributed by atoms with E-state index in [-0.39, 0.29) is 10.7 Å². The number of nitrogens with one attached hydrogen (secondary N) is 2. The van der Waals surface area contributed by atoms with Crippen LogP contribution in [0.4, 0.5) is 5.82 Å². The van der Waals surface area contributed by atoms with E-state index in [1.54, 1.807) is 6.07 Å². The molecule has 4 N–H and O–H groups in total. The predicted octanol–water partition coefficient (Wildman–Crippen LogP) is 1.01. The van der Waals surface area contributed by atoms with Gasteiger partial charge in [0.1, 0.15) is 11.5 Å². The van der Waals surface area contributed by atoms with Crippen LogP contribution in [-0.4, -0.2) is 33.1 Å². The molecule has 6 heteroatoms. The van der Waals surface area contributed by atoms with Crippen molar-refractivity contribution in [3.63, 3.8) is 0 Å². The Morgan fingerprint density at radius 2 is 2.62 bits per heavy atom. The molecule has 1 aliphatic heterocycles. The normalized spacial score (nSPS) is 24.6. The van der Waals surface area contributed by atoms with Gasteiger partial charge in [0.05, 0.1) is 0 Å². The number of carbonyl (C=O) groups is 1. The molecule has 1 aromatic heterocycles. The van der Waals surface area contributed by atoms with Gasteiger partial charge in [-0.05, 0) is 25.5 Å². The number of nitrogen functional groups attached to an aromatic ring is 1. The fourth-order valence-corrected chi connectivity index (χ4v) is 3.04. The zero-order chi connectivity index (χ0) is 11.6. The molecular formula is C10H16N4OS. The molecule has 0 bridgehead atoms. The van der Waals surface area contributed by atoms with E-state index in [1.165, 1.54) is 12.2 Å². The Labute approximate surface area is 98.6 Å². The number of hydrogen-bond acceptors (Lipinski definition) is 4. The smallest absolute Gasteiger partial charge is 0.269 e. The molecule has 16 heavy (non-hydrogen) atoms. The summed E-state index contributed by atoms with van der Waals surface area (Å²) >= 11 is 1.92. The first-order valence-electron chi connectivity index (χ1n) is 5.32. The number of anilines is 1. The third kappa shape index (κ3) is 2.49. The number of thioether (sulfide) groups is 1. The molecular weight excluding hydrogens is 224 g/mol. The van der Waals surface area contributed by atoms with Crippen molar-refractivity contribution in [3.8, 4) is 0 Å². The molecule has 1 aromatic rings. The number of hydrogen-bond donors (Lipinski definition) is 3. The largest absolute Gasteiger partial charge is 0.382 e. The van der Waals surface area contributed by atoms with Crippen LogP contribution >= 0.6 is 11.8 Å². The quantitative estimate of drug-likeness (QED) is 0.736. The summed E-state index contributed by atoms with van der Waals surface area (Å²) in [5.74, 6) is 1.38. The lowest BCUT2D eigenvalue weighted by Gasteiger charge is -2.22. The molecule has 2 rings (SSSR count). The number of aromatic nitrogens is 2. The second-order valence-electron chi connectivity index (χ2n) is 4.29. The van der Waals surface area contributed by atoms with E-state index in [0.29, 0.717) is 18.1 Å². The Balaban J connectivity index is 1.88. The van der Waals surface area contributed by atoms with Crippen molar-refractivity contribution in [2.45, 2.75) is 24.5 Å². The molecule has 1 unspecified atom stereocenters. The van der Waals surface area contributed by atoms with Crippen LogP contribution in [-0.2, 0) is 0 Å². The highest BCUT2D eigenvalue weighted by molar-refractivity contribution is 8.00. The van der Waals surface area contributed by atoms with Crippen molar-refractivity contribution in [2.24, 2.45) is 0 Å². The number of nitrogens with two attached hydrogens (primary N) is 1. The molecule has 0 aliphatic carbocycles. The first-order valence-corrected chi connectivity index (χ1v) is 6.31. The standard InChI is InChI=1S/C10H16N4OS/c1-10(3-2-4-16-10)6-12-9(15)7-5-8(11)14-13-7/h5H,2-4,6H2,1H3,(H,12,15)(H3,11,13,14). The Kier molecular flexibility index (Phi) is 3.09. The highest BCUT2D eigenvalue weighted by Gasteiger charge is 2.29. The Hall–Kier alpha value is -1.17. The minimum atomic E-state index is -0.141. The van der Waals surface area contributed by atoms with Gasteiger partial charge in [0.15, 0.2) is 0 Å². The van der Waals surface area contributed by atoms with E-state index in [9.17, 15) is 4.79 Å². The van der Waals surface area contributed by atoms with E-state index in [1.807, 2.05) is 11.8 Å². The van der Waals surface area contributed by atoms with E-state index in [2.05, 4.69) is 22.4 Å². The molecule has 1 fully saturated rings. The van der Waals surface area contributed by atoms with E-state index < -0.39 is 0 Å². The monoisotopic (exact) mass is 240 g/mol. The van der Waals surface area contributed by atoms with Gasteiger partial charge in [0.25, 0.3) is 5.91 Å². The number of nitrogens with zero attached hydrogens (tertiary/aromatic N) is 1. The molecule has 1 saturated heterocycles. The highest BCUT2D eigenvalue weighted by Crippen LogP contribution is 2.36. The summed E-state index contributed by atoms with van der Waals surface area (Å²) < 4.78 is 0.182. The first-order chi connectivity index (χ1) is 7.59. The fourth-order valence-electron chi connectivity index (χ4n) is 1.79. The van der Waals surface area contributed by atoms with Gasteiger partial charge in [0, 0.05) is 17.4 Å². The summed E-state index contributed by atoms with van der Waals surface area (Å²) in [7, 11) is 0. The van der Waals surface area contributed by atoms with Crippen LogP contribution in [0.2, 0.25) is 0 Å². The van der Waals surface area contributed by atoms with Gasteiger partial charge in [-0.2, -0.15) is 16.9 Å². The van der Waals surface area contributed by atoms with Gasteiger partial charge in [-0.25, -0.2) is 0 Å². The molecule has 5 nitrogen and oxygen atoms in total. The van der Waals surface area contributed by atoms with E-state index >= 15 is 0 Å². The Bertz CT molecular complexity index is 384. The number of H-pyrrole nitrogens is 1. The summed E-state index contributed by atoms with van der Waals surface area (Å²) in [4.78, 5) is 11.7. The molecule has 0 spiro atoms. The SMILES string of the molecule is CC1(CNC(=O)c2cc(N)n[nH]2)CCCS1. The molecule has 1 aliphatic rings. The maximum Gasteiger partial charge on any atom is 0.269 e. The molecule has 88 valence electrons. The van der Waals surface area contributed by atoms with Crippen LogP contribution in [0.15, 0.2) is 6.07 Å². The average molecular weight is 240 g/mol. The second kappa shape index (κ2) is 4.37. The highest BCUT2D eigenvalue weighted by atomic mass is 32.2. The van der Waals surface area contributed by atoms with Crippen LogP contribution in [0.25, 0.3) is 0 Å². The zero-order valence-electron chi connectivity index (χ0n) is 9.25. The summed E-state index contributed by atoms with van der Waals surface area (Å²) in [6.07, 6.45) is 2.39. The van der Waals surface area contributed by atoms with Crippen molar-refractivity contribution in [1.82, 2.24) is 15.5 Å². The number of carbonyl (C=O) groups excluding carboxylic acids is 1. The molecule has 1 atom stereocenters. The first kappa shape index (κ1) is 11.3. The summed E-state index contributed by atoms with van der Waals surface area (Å²) in [6, 6.07) is 1.54. The molecule has 0 aromatic carbocycles.